The van der Waals surface area contributed by atoms with E-state index in [0.717, 1.165) is 37.2 Å². The topological polar surface area (TPSA) is 37.0 Å². The predicted molar refractivity (Wildman–Crippen MR) is 101 cm³/mol. The molecule has 1 unspecified atom stereocenters. The zero-order chi connectivity index (χ0) is 16.6. The molecule has 1 aliphatic heterocycles. The van der Waals surface area contributed by atoms with Crippen molar-refractivity contribution in [1.82, 2.24) is 10.3 Å². The highest BCUT2D eigenvalue weighted by molar-refractivity contribution is 5.66. The predicted octanol–water partition coefficient (Wildman–Crippen LogP) is 3.70. The summed E-state index contributed by atoms with van der Waals surface area (Å²) in [4.78, 5) is 4.32. The van der Waals surface area contributed by atoms with Gasteiger partial charge in [0, 0.05) is 26.1 Å². The molecule has 2 aromatic rings. The van der Waals surface area contributed by atoms with Gasteiger partial charge in [-0.05, 0) is 42.0 Å². The summed E-state index contributed by atoms with van der Waals surface area (Å²) in [5.74, 6) is 6.40. The van der Waals surface area contributed by atoms with Crippen molar-refractivity contribution in [3.05, 3.63) is 66.0 Å². The van der Waals surface area contributed by atoms with E-state index in [1.54, 1.807) is 0 Å². The molecule has 1 atom stereocenters. The smallest absolute Gasteiger partial charge is 0.113 e. The Morgan fingerprint density at radius 1 is 1.21 bits per heavy atom. The van der Waals surface area contributed by atoms with Crippen molar-refractivity contribution >= 4 is 11.3 Å². The molecule has 0 saturated heterocycles. The normalized spacial score (nSPS) is 16.7. The van der Waals surface area contributed by atoms with Gasteiger partial charge < -0.3 is 10.6 Å². The van der Waals surface area contributed by atoms with Gasteiger partial charge in [0.2, 0.25) is 0 Å². The second-order valence-electron chi connectivity index (χ2n) is 5.93. The summed E-state index contributed by atoms with van der Waals surface area (Å²) < 4.78 is 0. The number of hydrogen-bond donors (Lipinski definition) is 2. The number of nitrogens with one attached hydrogen (secondary N) is 2. The van der Waals surface area contributed by atoms with Gasteiger partial charge in [0.1, 0.15) is 5.69 Å². The van der Waals surface area contributed by atoms with Gasteiger partial charge >= 0.3 is 0 Å². The van der Waals surface area contributed by atoms with Gasteiger partial charge in [0.05, 0.1) is 11.9 Å². The van der Waals surface area contributed by atoms with Gasteiger partial charge in [-0.2, -0.15) is 0 Å². The second-order valence-corrected chi connectivity index (χ2v) is 5.93. The molecule has 122 valence electrons. The van der Waals surface area contributed by atoms with Crippen LogP contribution in [0.2, 0.25) is 0 Å². The van der Waals surface area contributed by atoms with Gasteiger partial charge in [0.25, 0.3) is 0 Å². The van der Waals surface area contributed by atoms with Crippen molar-refractivity contribution in [2.45, 2.75) is 25.3 Å². The van der Waals surface area contributed by atoms with E-state index in [4.69, 9.17) is 0 Å². The molecule has 1 aromatic carbocycles. The van der Waals surface area contributed by atoms with E-state index in [1.165, 1.54) is 11.1 Å². The molecule has 2 N–H and O–H groups in total. The Hall–Kier alpha value is -2.57. The van der Waals surface area contributed by atoms with Crippen LogP contribution in [0.5, 0.6) is 0 Å². The summed E-state index contributed by atoms with van der Waals surface area (Å²) in [6.45, 7) is 0.940. The van der Waals surface area contributed by atoms with E-state index in [1.807, 2.05) is 25.4 Å². The number of rotatable bonds is 4. The first-order chi connectivity index (χ1) is 11.8. The average Bonchev–Trinajstić information content (AvgIpc) is 2.67. The summed E-state index contributed by atoms with van der Waals surface area (Å²) in [5.41, 5.74) is 4.61. The Bertz CT molecular complexity index is 736. The standard InChI is InChI=1S/C21H23N3/c1-22-21-12-11-19(24-16-21)9-5-6-10-20-15-18(13-14-23-20)17-7-3-2-4-8-17/h2-4,7-8,11-13,16,20,22-23H,6,10,14-15H2,1H3. The molecule has 0 spiro atoms. The Kier molecular flexibility index (Phi) is 5.65. The van der Waals surface area contributed by atoms with E-state index in [9.17, 15) is 0 Å². The number of hydrogen-bond acceptors (Lipinski definition) is 3. The number of aromatic nitrogens is 1. The van der Waals surface area contributed by atoms with Crippen LogP contribution in [0.25, 0.3) is 5.57 Å². The fourth-order valence-corrected chi connectivity index (χ4v) is 2.88. The van der Waals surface area contributed by atoms with Gasteiger partial charge in [-0.3, -0.25) is 0 Å². The van der Waals surface area contributed by atoms with Crippen LogP contribution in [-0.4, -0.2) is 24.6 Å². The molecule has 2 heterocycles. The maximum Gasteiger partial charge on any atom is 0.113 e. The molecule has 1 aromatic heterocycles. The first-order valence-corrected chi connectivity index (χ1v) is 8.45. The summed E-state index contributed by atoms with van der Waals surface area (Å²) in [7, 11) is 1.89. The Morgan fingerprint density at radius 3 is 2.83 bits per heavy atom. The third kappa shape index (κ3) is 4.47. The molecule has 3 nitrogen and oxygen atoms in total. The van der Waals surface area contributed by atoms with Crippen LogP contribution in [0.3, 0.4) is 0 Å². The Labute approximate surface area is 144 Å². The second kappa shape index (κ2) is 8.33. The summed E-state index contributed by atoms with van der Waals surface area (Å²) in [6, 6.07) is 15.1. The van der Waals surface area contributed by atoms with Gasteiger partial charge in [-0.1, -0.05) is 42.3 Å². The fraction of sp³-hybridized carbons (Fsp3) is 0.286. The third-order valence-corrected chi connectivity index (χ3v) is 4.25. The van der Waals surface area contributed by atoms with E-state index >= 15 is 0 Å². The lowest BCUT2D eigenvalue weighted by molar-refractivity contribution is 0.508. The lowest BCUT2D eigenvalue weighted by Crippen LogP contribution is -2.32. The molecular formula is C21H23N3. The summed E-state index contributed by atoms with van der Waals surface area (Å²) in [6.07, 6.45) is 7.12. The van der Waals surface area contributed by atoms with E-state index in [2.05, 4.69) is 63.9 Å². The minimum atomic E-state index is 0.499. The van der Waals surface area contributed by atoms with Gasteiger partial charge in [-0.15, -0.1) is 0 Å². The molecule has 0 radical (unpaired) electrons. The highest BCUT2D eigenvalue weighted by Gasteiger charge is 2.14. The van der Waals surface area contributed by atoms with Crippen molar-refractivity contribution in [2.75, 3.05) is 18.9 Å². The Balaban J connectivity index is 1.51. The van der Waals surface area contributed by atoms with Crippen LogP contribution >= 0.6 is 0 Å². The van der Waals surface area contributed by atoms with Crippen LogP contribution in [0.15, 0.2) is 54.7 Å². The quantitative estimate of drug-likeness (QED) is 0.844. The molecular weight excluding hydrogens is 294 g/mol. The highest BCUT2D eigenvalue weighted by Crippen LogP contribution is 2.23. The van der Waals surface area contributed by atoms with Crippen LogP contribution < -0.4 is 10.6 Å². The van der Waals surface area contributed by atoms with Crippen molar-refractivity contribution in [2.24, 2.45) is 0 Å². The van der Waals surface area contributed by atoms with Gasteiger partial charge in [-0.25, -0.2) is 4.98 Å². The van der Waals surface area contributed by atoms with Gasteiger partial charge in [0.15, 0.2) is 0 Å². The van der Waals surface area contributed by atoms with E-state index in [0.29, 0.717) is 6.04 Å². The highest BCUT2D eigenvalue weighted by atomic mass is 14.9. The summed E-state index contributed by atoms with van der Waals surface area (Å²) in [5, 5.41) is 6.62. The van der Waals surface area contributed by atoms with E-state index < -0.39 is 0 Å². The third-order valence-electron chi connectivity index (χ3n) is 4.25. The maximum atomic E-state index is 4.32. The van der Waals surface area contributed by atoms with Crippen LogP contribution in [0.4, 0.5) is 5.69 Å². The summed E-state index contributed by atoms with van der Waals surface area (Å²) >= 11 is 0. The largest absolute Gasteiger partial charge is 0.387 e. The van der Waals surface area contributed by atoms with E-state index in [-0.39, 0.29) is 0 Å². The number of pyridine rings is 1. The minimum Gasteiger partial charge on any atom is -0.387 e. The van der Waals surface area contributed by atoms with Crippen LogP contribution in [0, 0.1) is 11.8 Å². The number of benzene rings is 1. The zero-order valence-corrected chi connectivity index (χ0v) is 14.0. The molecule has 24 heavy (non-hydrogen) atoms. The van der Waals surface area contributed by atoms with Crippen molar-refractivity contribution in [1.29, 1.82) is 0 Å². The fourth-order valence-electron chi connectivity index (χ4n) is 2.88. The molecule has 0 saturated carbocycles. The molecule has 1 aliphatic rings. The molecule has 0 amide bonds. The lowest BCUT2D eigenvalue weighted by atomic mass is 9.93. The molecule has 0 fully saturated rings. The average molecular weight is 317 g/mol. The first-order valence-electron chi connectivity index (χ1n) is 8.45. The Morgan fingerprint density at radius 2 is 2.08 bits per heavy atom. The number of nitrogens with zero attached hydrogens (tertiary/aromatic N) is 1. The lowest BCUT2D eigenvalue weighted by Gasteiger charge is -2.24. The van der Waals surface area contributed by atoms with Crippen molar-refractivity contribution < 1.29 is 0 Å². The molecule has 3 rings (SSSR count). The molecule has 3 heteroatoms. The van der Waals surface area contributed by atoms with Crippen LogP contribution in [0.1, 0.15) is 30.5 Å². The van der Waals surface area contributed by atoms with Crippen LogP contribution in [-0.2, 0) is 0 Å². The minimum absolute atomic E-state index is 0.499. The monoisotopic (exact) mass is 317 g/mol. The molecule has 0 aliphatic carbocycles. The first kappa shape index (κ1) is 16.3. The molecule has 0 bridgehead atoms. The van der Waals surface area contributed by atoms with Crippen molar-refractivity contribution in [3.63, 3.8) is 0 Å². The van der Waals surface area contributed by atoms with Crippen molar-refractivity contribution in [3.8, 4) is 11.8 Å². The maximum absolute atomic E-state index is 4.32. The SMILES string of the molecule is CNc1ccc(C#CCCC2CC(c3ccccc3)=CCN2)nc1. The number of anilines is 1. The zero-order valence-electron chi connectivity index (χ0n) is 14.0.